The Bertz CT molecular complexity index is 961. The molecule has 3 heteroatoms. The monoisotopic (exact) mass is 359 g/mol. The van der Waals surface area contributed by atoms with E-state index in [1.807, 2.05) is 0 Å². The van der Waals surface area contributed by atoms with Crippen molar-refractivity contribution < 1.29 is 9.53 Å². The Hall–Kier alpha value is -1.87. The van der Waals surface area contributed by atoms with Crippen LogP contribution in [-0.4, -0.2) is 35.9 Å². The van der Waals surface area contributed by atoms with Crippen molar-refractivity contribution in [2.45, 2.75) is 50.2 Å². The van der Waals surface area contributed by atoms with Gasteiger partial charge in [-0.1, -0.05) is 35.9 Å². The summed E-state index contributed by atoms with van der Waals surface area (Å²) in [6.07, 6.45) is 11.9. The van der Waals surface area contributed by atoms with E-state index >= 15 is 0 Å². The first kappa shape index (κ1) is 15.1. The molecule has 1 saturated heterocycles. The molecule has 2 aliphatic heterocycles. The molecule has 138 valence electrons. The lowest BCUT2D eigenvalue weighted by molar-refractivity contribution is -0.152. The predicted octanol–water partition coefficient (Wildman–Crippen LogP) is 3.43. The first-order valence-electron chi connectivity index (χ1n) is 10.5. The quantitative estimate of drug-likeness (QED) is 0.775. The number of hydrogen-bond donors (Lipinski definition) is 0. The summed E-state index contributed by atoms with van der Waals surface area (Å²) in [4.78, 5) is 15.3. The molecule has 0 radical (unpaired) electrons. The van der Waals surface area contributed by atoms with E-state index in [1.54, 1.807) is 12.5 Å². The fourth-order valence-corrected chi connectivity index (χ4v) is 7.69. The number of allylic oxidation sites excluding steroid dienone is 1. The summed E-state index contributed by atoms with van der Waals surface area (Å²) in [5.41, 5.74) is 4.74. The highest BCUT2D eigenvalue weighted by atomic mass is 16.5. The molecule has 1 aromatic carbocycles. The van der Waals surface area contributed by atoms with Crippen LogP contribution in [0.2, 0.25) is 0 Å². The molecule has 2 fully saturated rings. The molecule has 1 aromatic rings. The number of benzene rings is 1. The van der Waals surface area contributed by atoms with Gasteiger partial charge < -0.3 is 4.74 Å². The summed E-state index contributed by atoms with van der Waals surface area (Å²) in [6.45, 7) is 4.06. The zero-order valence-electron chi connectivity index (χ0n) is 15.8. The Balaban J connectivity index is 1.49. The molecule has 3 unspecified atom stereocenters. The maximum Gasteiger partial charge on any atom is 0.133 e. The van der Waals surface area contributed by atoms with E-state index in [9.17, 15) is 4.79 Å². The summed E-state index contributed by atoms with van der Waals surface area (Å²) in [7, 11) is 0. The number of piperidine rings is 1. The number of ether oxygens (including phenoxy) is 1. The lowest BCUT2D eigenvalue weighted by Gasteiger charge is -2.69. The van der Waals surface area contributed by atoms with Crippen molar-refractivity contribution in [1.82, 2.24) is 4.90 Å². The van der Waals surface area contributed by atoms with Crippen molar-refractivity contribution in [3.8, 4) is 5.75 Å². The first-order valence-corrected chi connectivity index (χ1v) is 10.5. The summed E-state index contributed by atoms with van der Waals surface area (Å²) in [5.74, 6) is 1.81. The van der Waals surface area contributed by atoms with Gasteiger partial charge in [-0.25, -0.2) is 0 Å². The maximum absolute atomic E-state index is 12.6. The molecular formula is C24H25NO2. The highest BCUT2D eigenvalue weighted by molar-refractivity contribution is 5.80. The fraction of sp³-hybridized carbons (Fsp3) is 0.542. The zero-order valence-corrected chi connectivity index (χ0v) is 15.8. The topological polar surface area (TPSA) is 29.5 Å². The molecule has 7 aliphatic rings. The van der Waals surface area contributed by atoms with Crippen molar-refractivity contribution >= 4 is 5.78 Å². The molecule has 0 N–H and O–H groups in total. The van der Waals surface area contributed by atoms with Gasteiger partial charge in [0.2, 0.25) is 0 Å². The molecular weight excluding hydrogens is 334 g/mol. The molecule has 3 nitrogen and oxygen atoms in total. The van der Waals surface area contributed by atoms with Gasteiger partial charge in [0.05, 0.1) is 0 Å². The maximum atomic E-state index is 12.6. The van der Waals surface area contributed by atoms with Gasteiger partial charge >= 0.3 is 0 Å². The van der Waals surface area contributed by atoms with Crippen LogP contribution in [0.15, 0.2) is 42.0 Å². The van der Waals surface area contributed by atoms with Crippen molar-refractivity contribution in [1.29, 1.82) is 0 Å². The Morgan fingerprint density at radius 3 is 3.07 bits per heavy atom. The summed E-state index contributed by atoms with van der Waals surface area (Å²) in [6, 6.07) is 7.16. The predicted molar refractivity (Wildman–Crippen MR) is 103 cm³/mol. The van der Waals surface area contributed by atoms with Crippen molar-refractivity contribution in [3.63, 3.8) is 0 Å². The Morgan fingerprint density at radius 1 is 1.37 bits per heavy atom. The van der Waals surface area contributed by atoms with Crippen molar-refractivity contribution in [3.05, 3.63) is 53.1 Å². The molecule has 5 aliphatic carbocycles. The molecule has 2 heterocycles. The Labute approximate surface area is 160 Å². The third-order valence-electron chi connectivity index (χ3n) is 8.78. The van der Waals surface area contributed by atoms with E-state index in [-0.39, 0.29) is 28.8 Å². The van der Waals surface area contributed by atoms with Gasteiger partial charge in [0.1, 0.15) is 17.6 Å². The van der Waals surface area contributed by atoms with E-state index < -0.39 is 0 Å². The molecule has 6 atom stereocenters. The number of hydrogen-bond acceptors (Lipinski definition) is 3. The normalized spacial score (nSPS) is 44.6. The third kappa shape index (κ3) is 1.56. The van der Waals surface area contributed by atoms with E-state index in [2.05, 4.69) is 41.3 Å². The fourth-order valence-electron chi connectivity index (χ4n) is 7.69. The number of carbonyl (C=O) groups is 1. The van der Waals surface area contributed by atoms with Gasteiger partial charge in [-0.2, -0.15) is 0 Å². The van der Waals surface area contributed by atoms with Crippen LogP contribution < -0.4 is 4.74 Å². The van der Waals surface area contributed by atoms with Gasteiger partial charge in [-0.15, -0.1) is 0 Å². The number of Topliss-reactive ketones (excluding diaryl/α,β-unsaturated/α-hetero) is 1. The van der Waals surface area contributed by atoms with Crippen LogP contribution in [0.1, 0.15) is 37.3 Å². The number of ketones is 1. The van der Waals surface area contributed by atoms with Gasteiger partial charge in [0.15, 0.2) is 0 Å². The van der Waals surface area contributed by atoms with Crippen LogP contribution in [0.5, 0.6) is 5.75 Å². The average molecular weight is 359 g/mol. The van der Waals surface area contributed by atoms with E-state index in [0.717, 1.165) is 38.1 Å². The number of nitrogens with zero attached hydrogens (tertiary/aromatic N) is 1. The summed E-state index contributed by atoms with van der Waals surface area (Å²) < 4.78 is 6.68. The van der Waals surface area contributed by atoms with Crippen molar-refractivity contribution in [2.24, 2.45) is 17.3 Å². The number of rotatable bonds is 3. The van der Waals surface area contributed by atoms with E-state index in [0.29, 0.717) is 11.8 Å². The number of likely N-dealkylation sites (tertiary alicyclic amines) is 1. The molecule has 0 amide bonds. The minimum atomic E-state index is 0.0516. The van der Waals surface area contributed by atoms with Crippen LogP contribution in [-0.2, 0) is 16.6 Å². The zero-order chi connectivity index (χ0) is 18.0. The number of fused-ring (bicyclic) bond motifs is 1. The molecule has 2 spiro atoms. The van der Waals surface area contributed by atoms with E-state index in [4.69, 9.17) is 4.74 Å². The average Bonchev–Trinajstić information content (AvgIpc) is 3.41. The van der Waals surface area contributed by atoms with Crippen LogP contribution in [0.3, 0.4) is 0 Å². The molecule has 27 heavy (non-hydrogen) atoms. The first-order chi connectivity index (χ1) is 13.1. The van der Waals surface area contributed by atoms with Crippen LogP contribution >= 0.6 is 0 Å². The standard InChI is InChI=1S/C24H25NO2/c1-14(26)18-12-23-8-7-17(18)22-24(23)9-10-25(13-15-5-6-15)20(23)11-16-3-2-4-19(27-22)21(16)24/h2-5,7-8,17-18,20,22H,6,9-13H2,1H3/t17?,18?,20-,22+,23?,24+/m1/s1. The summed E-state index contributed by atoms with van der Waals surface area (Å²) >= 11 is 0. The van der Waals surface area contributed by atoms with Crippen LogP contribution in [0.25, 0.3) is 0 Å². The SMILES string of the molecule is CC(=O)C1CC23C=CC1[C@@H]1Oc4cccc5c4[C@@]12CCN(CC1=CC1)[C@@H]3C5. The van der Waals surface area contributed by atoms with E-state index in [1.165, 1.54) is 17.5 Å². The summed E-state index contributed by atoms with van der Waals surface area (Å²) in [5, 5.41) is 0. The largest absolute Gasteiger partial charge is 0.489 e. The molecule has 8 rings (SSSR count). The molecule has 1 saturated carbocycles. The van der Waals surface area contributed by atoms with Crippen LogP contribution in [0.4, 0.5) is 0 Å². The Kier molecular flexibility index (Phi) is 2.56. The molecule has 0 aromatic heterocycles. The second-order valence-corrected chi connectivity index (χ2v) is 9.71. The van der Waals surface area contributed by atoms with Crippen molar-refractivity contribution in [2.75, 3.05) is 13.1 Å². The highest BCUT2D eigenvalue weighted by Crippen LogP contribution is 2.72. The smallest absolute Gasteiger partial charge is 0.133 e. The molecule has 4 bridgehead atoms. The highest BCUT2D eigenvalue weighted by Gasteiger charge is 2.74. The minimum Gasteiger partial charge on any atom is -0.489 e. The van der Waals surface area contributed by atoms with Gasteiger partial charge in [0.25, 0.3) is 0 Å². The van der Waals surface area contributed by atoms with Crippen LogP contribution in [0, 0.1) is 17.3 Å². The second kappa shape index (κ2) is 4.57. The second-order valence-electron chi connectivity index (χ2n) is 9.71. The minimum absolute atomic E-state index is 0.0516. The number of carbonyl (C=O) groups excluding carboxylic acids is 1. The lowest BCUT2D eigenvalue weighted by Crippen LogP contribution is -2.74. The van der Waals surface area contributed by atoms with Gasteiger partial charge in [-0.3, -0.25) is 9.69 Å². The van der Waals surface area contributed by atoms with Gasteiger partial charge in [0, 0.05) is 40.8 Å². The lowest BCUT2D eigenvalue weighted by atomic mass is 9.38. The van der Waals surface area contributed by atoms with Gasteiger partial charge in [-0.05, 0) is 50.8 Å². The Morgan fingerprint density at radius 2 is 2.26 bits per heavy atom. The third-order valence-corrected chi connectivity index (χ3v) is 8.78.